The van der Waals surface area contributed by atoms with E-state index in [2.05, 4.69) is 20.5 Å². The third kappa shape index (κ3) is 6.05. The van der Waals surface area contributed by atoms with Gasteiger partial charge in [0.25, 0.3) is 0 Å². The molecule has 4 rings (SSSR count). The maximum atomic E-state index is 6.02. The van der Waals surface area contributed by atoms with Crippen LogP contribution in [-0.4, -0.2) is 34.2 Å². The Morgan fingerprint density at radius 3 is 2.37 bits per heavy atom. The van der Waals surface area contributed by atoms with E-state index in [1.165, 1.54) is 57.8 Å². The maximum Gasteiger partial charge on any atom is 0.234 e. The van der Waals surface area contributed by atoms with Crippen LogP contribution in [0.15, 0.2) is 36.4 Å². The highest BCUT2D eigenvalue weighted by atomic mass is 32.1. The molecule has 1 saturated heterocycles. The van der Waals surface area contributed by atoms with Gasteiger partial charge in [-0.15, -0.1) is 0 Å². The molecule has 160 valence electrons. The molecule has 1 aromatic heterocycles. The van der Waals surface area contributed by atoms with Gasteiger partial charge in [-0.25, -0.2) is 0 Å². The van der Waals surface area contributed by atoms with Crippen molar-refractivity contribution < 1.29 is 4.74 Å². The minimum Gasteiger partial charge on any atom is -0.439 e. The van der Waals surface area contributed by atoms with Gasteiger partial charge in [-0.1, -0.05) is 43.9 Å². The SMILES string of the molecule is S=C(Nc1nc(Oc2ccccc2)cc(N2CCCCC2)n1)NC1CCCCCC1. The van der Waals surface area contributed by atoms with E-state index in [0.717, 1.165) is 24.7 Å². The molecular formula is C23H31N5OS. The van der Waals surface area contributed by atoms with Gasteiger partial charge < -0.3 is 20.3 Å². The summed E-state index contributed by atoms with van der Waals surface area (Å²) >= 11 is 5.58. The number of ether oxygens (including phenoxy) is 1. The first kappa shape index (κ1) is 20.8. The van der Waals surface area contributed by atoms with Crippen molar-refractivity contribution in [2.75, 3.05) is 23.3 Å². The molecule has 0 unspecified atom stereocenters. The quantitative estimate of drug-likeness (QED) is 0.500. The number of para-hydroxylation sites is 1. The van der Waals surface area contributed by atoms with E-state index in [9.17, 15) is 0 Å². The van der Waals surface area contributed by atoms with E-state index in [1.807, 2.05) is 36.4 Å². The van der Waals surface area contributed by atoms with Crippen LogP contribution in [-0.2, 0) is 0 Å². The van der Waals surface area contributed by atoms with Crippen LogP contribution in [0.25, 0.3) is 0 Å². The Morgan fingerprint density at radius 1 is 0.933 bits per heavy atom. The first-order valence-electron chi connectivity index (χ1n) is 11.2. The van der Waals surface area contributed by atoms with Gasteiger partial charge in [0.2, 0.25) is 11.8 Å². The predicted octanol–water partition coefficient (Wildman–Crippen LogP) is 5.27. The number of piperidine rings is 1. The van der Waals surface area contributed by atoms with Crippen molar-refractivity contribution in [2.24, 2.45) is 0 Å². The number of benzene rings is 1. The monoisotopic (exact) mass is 425 g/mol. The second-order valence-corrected chi connectivity index (χ2v) is 8.55. The number of rotatable bonds is 5. The summed E-state index contributed by atoms with van der Waals surface area (Å²) < 4.78 is 6.02. The highest BCUT2D eigenvalue weighted by Crippen LogP contribution is 2.26. The minimum atomic E-state index is 0.429. The zero-order valence-corrected chi connectivity index (χ0v) is 18.3. The number of nitrogens with zero attached hydrogens (tertiary/aromatic N) is 3. The summed E-state index contributed by atoms with van der Waals surface area (Å²) in [7, 11) is 0. The fourth-order valence-electron chi connectivity index (χ4n) is 4.16. The molecule has 2 aromatic rings. The first-order valence-corrected chi connectivity index (χ1v) is 11.6. The van der Waals surface area contributed by atoms with Crippen molar-refractivity contribution in [3.05, 3.63) is 36.4 Å². The topological polar surface area (TPSA) is 62.3 Å². The molecule has 0 amide bonds. The Balaban J connectivity index is 1.49. The van der Waals surface area contributed by atoms with E-state index in [1.54, 1.807) is 0 Å². The average molecular weight is 426 g/mol. The minimum absolute atomic E-state index is 0.429. The summed E-state index contributed by atoms with van der Waals surface area (Å²) in [4.78, 5) is 11.6. The first-order chi connectivity index (χ1) is 14.8. The molecule has 30 heavy (non-hydrogen) atoms. The third-order valence-electron chi connectivity index (χ3n) is 5.75. The normalized spacial score (nSPS) is 17.8. The van der Waals surface area contributed by atoms with E-state index in [4.69, 9.17) is 21.9 Å². The maximum absolute atomic E-state index is 6.02. The number of hydrogen-bond acceptors (Lipinski definition) is 5. The fourth-order valence-corrected chi connectivity index (χ4v) is 4.42. The lowest BCUT2D eigenvalue weighted by molar-refractivity contribution is 0.461. The molecule has 1 aliphatic carbocycles. The molecular weight excluding hydrogens is 394 g/mol. The molecule has 0 spiro atoms. The lowest BCUT2D eigenvalue weighted by Gasteiger charge is -2.28. The molecule has 2 aliphatic rings. The number of hydrogen-bond donors (Lipinski definition) is 2. The summed E-state index contributed by atoms with van der Waals surface area (Å²) in [5.74, 6) is 2.65. The van der Waals surface area contributed by atoms with Crippen LogP contribution in [0.1, 0.15) is 57.8 Å². The van der Waals surface area contributed by atoms with Crippen molar-refractivity contribution in [3.8, 4) is 11.6 Å². The lowest BCUT2D eigenvalue weighted by Crippen LogP contribution is -2.38. The number of anilines is 2. The van der Waals surface area contributed by atoms with Gasteiger partial charge in [-0.05, 0) is 56.5 Å². The number of nitrogens with one attached hydrogen (secondary N) is 2. The lowest BCUT2D eigenvalue weighted by atomic mass is 10.1. The highest BCUT2D eigenvalue weighted by molar-refractivity contribution is 7.80. The van der Waals surface area contributed by atoms with Crippen LogP contribution in [0.5, 0.6) is 11.6 Å². The van der Waals surface area contributed by atoms with E-state index in [-0.39, 0.29) is 0 Å². The van der Waals surface area contributed by atoms with Crippen LogP contribution in [0.2, 0.25) is 0 Å². The molecule has 0 radical (unpaired) electrons. The van der Waals surface area contributed by atoms with Gasteiger partial charge in [-0.3, -0.25) is 0 Å². The standard InChI is InChI=1S/C23H31N5OS/c30-23(24-18-11-5-1-2-6-12-18)27-22-25-20(28-15-9-4-10-16-28)17-21(26-22)29-19-13-7-3-8-14-19/h3,7-8,13-14,17-18H,1-2,4-6,9-12,15-16H2,(H2,24,25,26,27,30). The van der Waals surface area contributed by atoms with Gasteiger partial charge in [0, 0.05) is 25.2 Å². The second kappa shape index (κ2) is 10.6. The summed E-state index contributed by atoms with van der Waals surface area (Å²) in [5.41, 5.74) is 0. The van der Waals surface area contributed by atoms with Crippen LogP contribution >= 0.6 is 12.2 Å². The fraction of sp³-hybridized carbons (Fsp3) is 0.522. The summed E-state index contributed by atoms with van der Waals surface area (Å²) in [6, 6.07) is 12.1. The van der Waals surface area contributed by atoms with Gasteiger partial charge in [0.15, 0.2) is 5.11 Å². The van der Waals surface area contributed by atoms with Crippen molar-refractivity contribution in [1.29, 1.82) is 0 Å². The Labute approximate surface area is 184 Å². The molecule has 1 aromatic carbocycles. The van der Waals surface area contributed by atoms with Crippen LogP contribution < -0.4 is 20.3 Å². The van der Waals surface area contributed by atoms with Gasteiger partial charge >= 0.3 is 0 Å². The Hall–Kier alpha value is -2.41. The Morgan fingerprint density at radius 2 is 1.63 bits per heavy atom. The number of thiocarbonyl (C=S) groups is 1. The zero-order chi connectivity index (χ0) is 20.6. The van der Waals surface area contributed by atoms with Crippen molar-refractivity contribution >= 4 is 29.1 Å². The summed E-state index contributed by atoms with van der Waals surface area (Å²) in [6.45, 7) is 2.01. The molecule has 2 N–H and O–H groups in total. The highest BCUT2D eigenvalue weighted by Gasteiger charge is 2.17. The van der Waals surface area contributed by atoms with Crippen molar-refractivity contribution in [1.82, 2.24) is 15.3 Å². The van der Waals surface area contributed by atoms with E-state index in [0.29, 0.717) is 23.0 Å². The molecule has 0 bridgehead atoms. The predicted molar refractivity (Wildman–Crippen MR) is 125 cm³/mol. The smallest absolute Gasteiger partial charge is 0.234 e. The van der Waals surface area contributed by atoms with Gasteiger partial charge in [-0.2, -0.15) is 9.97 Å². The van der Waals surface area contributed by atoms with Crippen LogP contribution in [0.3, 0.4) is 0 Å². The van der Waals surface area contributed by atoms with Crippen molar-refractivity contribution in [3.63, 3.8) is 0 Å². The molecule has 1 aliphatic heterocycles. The van der Waals surface area contributed by atoms with Gasteiger partial charge in [0.1, 0.15) is 11.6 Å². The third-order valence-corrected chi connectivity index (χ3v) is 5.97. The Bertz CT molecular complexity index is 818. The molecule has 6 nitrogen and oxygen atoms in total. The van der Waals surface area contributed by atoms with Crippen LogP contribution in [0.4, 0.5) is 11.8 Å². The van der Waals surface area contributed by atoms with Crippen LogP contribution in [0, 0.1) is 0 Å². The van der Waals surface area contributed by atoms with Gasteiger partial charge in [0.05, 0.1) is 0 Å². The zero-order valence-electron chi connectivity index (χ0n) is 17.5. The molecule has 7 heteroatoms. The van der Waals surface area contributed by atoms with E-state index < -0.39 is 0 Å². The largest absolute Gasteiger partial charge is 0.439 e. The van der Waals surface area contributed by atoms with Crippen molar-refractivity contribution in [2.45, 2.75) is 63.8 Å². The summed E-state index contributed by atoms with van der Waals surface area (Å²) in [5, 5.41) is 7.25. The second-order valence-electron chi connectivity index (χ2n) is 8.14. The van der Waals surface area contributed by atoms with E-state index >= 15 is 0 Å². The number of aromatic nitrogens is 2. The Kier molecular flexibility index (Phi) is 7.34. The molecule has 1 saturated carbocycles. The molecule has 2 fully saturated rings. The molecule has 0 atom stereocenters. The average Bonchev–Trinajstić information content (AvgIpc) is 3.03. The summed E-state index contributed by atoms with van der Waals surface area (Å²) in [6.07, 6.45) is 11.1. The molecule has 2 heterocycles.